The van der Waals surface area contributed by atoms with Crippen LogP contribution in [0.15, 0.2) is 48.5 Å². The molecular weight excluding hydrogens is 378 g/mol. The van der Waals surface area contributed by atoms with E-state index in [0.717, 1.165) is 41.9 Å². The van der Waals surface area contributed by atoms with Gasteiger partial charge in [0.15, 0.2) is 0 Å². The maximum absolute atomic E-state index is 12.2. The summed E-state index contributed by atoms with van der Waals surface area (Å²) >= 11 is 1.73. The number of hydrogen-bond acceptors (Lipinski definition) is 4. The highest BCUT2D eigenvalue weighted by Gasteiger charge is 2.25. The number of nitrogens with zero attached hydrogens (tertiary/aromatic N) is 1. The molecule has 0 saturated heterocycles. The molecular formula is C21H24ClN3OS. The zero-order valence-corrected chi connectivity index (χ0v) is 16.7. The third-order valence-electron chi connectivity index (χ3n) is 5.10. The van der Waals surface area contributed by atoms with Crippen molar-refractivity contribution in [2.45, 2.75) is 38.1 Å². The molecule has 4 rings (SSSR count). The zero-order chi connectivity index (χ0) is 17.9. The first-order valence-electron chi connectivity index (χ1n) is 9.16. The molecule has 1 aliphatic rings. The predicted octanol–water partition coefficient (Wildman–Crippen LogP) is 4.76. The zero-order valence-electron chi connectivity index (χ0n) is 15.1. The molecule has 2 atom stereocenters. The van der Waals surface area contributed by atoms with Gasteiger partial charge in [-0.2, -0.15) is 0 Å². The molecule has 27 heavy (non-hydrogen) atoms. The minimum absolute atomic E-state index is 0. The van der Waals surface area contributed by atoms with Gasteiger partial charge in [0.2, 0.25) is 5.91 Å². The number of benzene rings is 2. The number of thiazole rings is 1. The van der Waals surface area contributed by atoms with Gasteiger partial charge in [0, 0.05) is 24.6 Å². The van der Waals surface area contributed by atoms with Crippen molar-refractivity contribution in [3.8, 4) is 0 Å². The summed E-state index contributed by atoms with van der Waals surface area (Å²) in [6.45, 7) is 0. The van der Waals surface area contributed by atoms with E-state index in [0.29, 0.717) is 12.3 Å². The van der Waals surface area contributed by atoms with Crippen LogP contribution in [0.3, 0.4) is 0 Å². The highest BCUT2D eigenvalue weighted by atomic mass is 35.5. The Morgan fingerprint density at radius 2 is 1.93 bits per heavy atom. The molecule has 1 saturated carbocycles. The number of aromatic nitrogens is 1. The second-order valence-electron chi connectivity index (χ2n) is 7.06. The van der Waals surface area contributed by atoms with Gasteiger partial charge in [0.25, 0.3) is 0 Å². The van der Waals surface area contributed by atoms with E-state index in [-0.39, 0.29) is 24.4 Å². The van der Waals surface area contributed by atoms with Crippen LogP contribution >= 0.6 is 23.7 Å². The van der Waals surface area contributed by atoms with Crippen LogP contribution in [-0.2, 0) is 11.2 Å². The second kappa shape index (κ2) is 8.83. The van der Waals surface area contributed by atoms with E-state index in [1.165, 1.54) is 10.3 Å². The van der Waals surface area contributed by atoms with Gasteiger partial charge in [-0.05, 0) is 48.6 Å². The number of hydrogen-bond donors (Lipinski definition) is 2. The van der Waals surface area contributed by atoms with Crippen molar-refractivity contribution >= 4 is 45.6 Å². The number of fused-ring (bicyclic) bond motifs is 1. The van der Waals surface area contributed by atoms with E-state index in [1.807, 2.05) is 30.3 Å². The van der Waals surface area contributed by atoms with Gasteiger partial charge in [-0.3, -0.25) is 4.79 Å². The summed E-state index contributed by atoms with van der Waals surface area (Å²) in [5, 5.41) is 4.10. The monoisotopic (exact) mass is 401 g/mol. The van der Waals surface area contributed by atoms with E-state index < -0.39 is 0 Å². The summed E-state index contributed by atoms with van der Waals surface area (Å²) < 4.78 is 1.22. The molecule has 1 aromatic heterocycles. The number of anilines is 1. The fourth-order valence-electron chi connectivity index (χ4n) is 3.65. The molecule has 0 unspecified atom stereocenters. The maximum Gasteiger partial charge on any atom is 0.224 e. The maximum atomic E-state index is 12.2. The first kappa shape index (κ1) is 19.8. The Morgan fingerprint density at radius 1 is 1.15 bits per heavy atom. The summed E-state index contributed by atoms with van der Waals surface area (Å²) in [5.74, 6) is 0.389. The fourth-order valence-corrected chi connectivity index (χ4v) is 4.65. The van der Waals surface area contributed by atoms with Crippen LogP contribution in [0.1, 0.15) is 36.3 Å². The number of nitrogens with two attached hydrogens (primary N) is 1. The van der Waals surface area contributed by atoms with Crippen molar-refractivity contribution in [1.82, 2.24) is 4.98 Å². The van der Waals surface area contributed by atoms with Gasteiger partial charge in [0.1, 0.15) is 0 Å². The fraction of sp³-hybridized carbons (Fsp3) is 0.333. The molecule has 4 nitrogen and oxygen atoms in total. The van der Waals surface area contributed by atoms with Gasteiger partial charge < -0.3 is 11.1 Å². The van der Waals surface area contributed by atoms with E-state index in [4.69, 9.17) is 5.73 Å². The Kier molecular flexibility index (Phi) is 6.47. The summed E-state index contributed by atoms with van der Waals surface area (Å²) in [6, 6.07) is 16.4. The number of para-hydroxylation sites is 1. The summed E-state index contributed by atoms with van der Waals surface area (Å²) in [7, 11) is 0. The van der Waals surface area contributed by atoms with Gasteiger partial charge in [-0.25, -0.2) is 4.98 Å². The van der Waals surface area contributed by atoms with Crippen molar-refractivity contribution < 1.29 is 4.79 Å². The molecule has 3 N–H and O–H groups in total. The molecule has 1 heterocycles. The van der Waals surface area contributed by atoms with Crippen molar-refractivity contribution in [3.63, 3.8) is 0 Å². The van der Waals surface area contributed by atoms with Gasteiger partial charge >= 0.3 is 0 Å². The lowest BCUT2D eigenvalue weighted by Gasteiger charge is -2.14. The lowest BCUT2D eigenvalue weighted by Crippen LogP contribution is -2.28. The third kappa shape index (κ3) is 4.86. The standard InChI is InChI=1S/C21H23N3OS.ClH/c22-17-5-3-4-15(17)13-20(25)23-16-10-8-14(9-11-16)12-21-24-18-6-1-2-7-19(18)26-21;/h1-2,6-11,15,17H,3-5,12-13,22H2,(H,23,25);1H/t15-,17+;/m0./s1. The molecule has 0 spiro atoms. The average Bonchev–Trinajstić information content (AvgIpc) is 3.22. The second-order valence-corrected chi connectivity index (χ2v) is 8.17. The lowest BCUT2D eigenvalue weighted by molar-refractivity contribution is -0.117. The molecule has 1 fully saturated rings. The van der Waals surface area contributed by atoms with Crippen molar-refractivity contribution in [1.29, 1.82) is 0 Å². The van der Waals surface area contributed by atoms with E-state index in [9.17, 15) is 4.79 Å². The van der Waals surface area contributed by atoms with E-state index >= 15 is 0 Å². The van der Waals surface area contributed by atoms with Crippen LogP contribution in [0.25, 0.3) is 10.2 Å². The highest BCUT2D eigenvalue weighted by molar-refractivity contribution is 7.18. The Hall–Kier alpha value is -1.95. The van der Waals surface area contributed by atoms with E-state index in [2.05, 4.69) is 28.5 Å². The lowest BCUT2D eigenvalue weighted by atomic mass is 10.00. The van der Waals surface area contributed by atoms with Crippen molar-refractivity contribution in [2.24, 2.45) is 11.7 Å². The average molecular weight is 402 g/mol. The number of rotatable bonds is 5. The van der Waals surface area contributed by atoms with Gasteiger partial charge in [0.05, 0.1) is 15.2 Å². The molecule has 1 amide bonds. The van der Waals surface area contributed by atoms with Crippen LogP contribution in [0.4, 0.5) is 5.69 Å². The quantitative estimate of drug-likeness (QED) is 0.647. The minimum Gasteiger partial charge on any atom is -0.327 e. The van der Waals surface area contributed by atoms with Crippen LogP contribution in [0, 0.1) is 5.92 Å². The van der Waals surface area contributed by atoms with Gasteiger partial charge in [-0.15, -0.1) is 23.7 Å². The Bertz CT molecular complexity index is 876. The van der Waals surface area contributed by atoms with Crippen LogP contribution in [-0.4, -0.2) is 16.9 Å². The number of carbonyl (C=O) groups excluding carboxylic acids is 1. The normalized spacial score (nSPS) is 19.0. The summed E-state index contributed by atoms with van der Waals surface area (Å²) in [4.78, 5) is 16.9. The van der Waals surface area contributed by atoms with Crippen molar-refractivity contribution in [2.75, 3.05) is 5.32 Å². The number of halogens is 1. The highest BCUT2D eigenvalue weighted by Crippen LogP contribution is 2.27. The Morgan fingerprint density at radius 3 is 2.63 bits per heavy atom. The Labute approximate surface area is 169 Å². The van der Waals surface area contributed by atoms with E-state index in [1.54, 1.807) is 11.3 Å². The summed E-state index contributed by atoms with van der Waals surface area (Å²) in [5.41, 5.74) is 9.15. The molecule has 2 aromatic carbocycles. The number of nitrogens with one attached hydrogen (secondary N) is 1. The smallest absolute Gasteiger partial charge is 0.224 e. The van der Waals surface area contributed by atoms with Crippen molar-refractivity contribution in [3.05, 3.63) is 59.1 Å². The molecule has 0 aliphatic heterocycles. The number of amides is 1. The summed E-state index contributed by atoms with van der Waals surface area (Å²) in [6.07, 6.45) is 4.58. The Balaban J connectivity index is 0.00000210. The predicted molar refractivity (Wildman–Crippen MR) is 115 cm³/mol. The van der Waals surface area contributed by atoms with Gasteiger partial charge in [-0.1, -0.05) is 30.7 Å². The van der Waals surface area contributed by atoms with Crippen LogP contribution in [0.5, 0.6) is 0 Å². The first-order chi connectivity index (χ1) is 12.7. The molecule has 1 aliphatic carbocycles. The first-order valence-corrected chi connectivity index (χ1v) is 9.98. The minimum atomic E-state index is 0. The molecule has 3 aromatic rings. The number of carbonyl (C=O) groups is 1. The SMILES string of the molecule is Cl.N[C@@H]1CCC[C@H]1CC(=O)Nc1ccc(Cc2nc3ccccc3s2)cc1. The molecule has 142 valence electrons. The third-order valence-corrected chi connectivity index (χ3v) is 6.13. The largest absolute Gasteiger partial charge is 0.327 e. The molecule has 0 radical (unpaired) electrons. The topological polar surface area (TPSA) is 68.0 Å². The van der Waals surface area contributed by atoms with Crippen LogP contribution in [0.2, 0.25) is 0 Å². The molecule has 6 heteroatoms. The van der Waals surface area contributed by atoms with Crippen LogP contribution < -0.4 is 11.1 Å². The molecule has 0 bridgehead atoms.